The molecule has 1 heterocycles. The number of halogens is 1. The van der Waals surface area contributed by atoms with Gasteiger partial charge in [0.25, 0.3) is 0 Å². The van der Waals surface area contributed by atoms with Crippen LogP contribution in [0.3, 0.4) is 0 Å². The first-order valence-corrected chi connectivity index (χ1v) is 7.53. The van der Waals surface area contributed by atoms with Gasteiger partial charge in [-0.25, -0.2) is 0 Å². The van der Waals surface area contributed by atoms with E-state index >= 15 is 0 Å². The Labute approximate surface area is 110 Å². The summed E-state index contributed by atoms with van der Waals surface area (Å²) >= 11 is 5.92. The van der Waals surface area contributed by atoms with Crippen molar-refractivity contribution in [3.63, 3.8) is 0 Å². The van der Waals surface area contributed by atoms with E-state index in [1.54, 1.807) is 0 Å². The molecule has 17 heavy (non-hydrogen) atoms. The van der Waals surface area contributed by atoms with Crippen molar-refractivity contribution in [2.24, 2.45) is 5.41 Å². The highest BCUT2D eigenvalue weighted by Gasteiger charge is 2.41. The van der Waals surface area contributed by atoms with E-state index in [-0.39, 0.29) is 11.0 Å². The van der Waals surface area contributed by atoms with Crippen LogP contribution in [0.4, 0.5) is 0 Å². The van der Waals surface area contributed by atoms with Crippen LogP contribution in [0.2, 0.25) is 0 Å². The van der Waals surface area contributed by atoms with Crippen LogP contribution in [0.25, 0.3) is 0 Å². The molecule has 2 rings (SSSR count). The van der Waals surface area contributed by atoms with Gasteiger partial charge >= 0.3 is 0 Å². The van der Waals surface area contributed by atoms with E-state index in [1.807, 2.05) is 0 Å². The minimum Gasteiger partial charge on any atom is -0.370 e. The minimum atomic E-state index is 0.186. The average Bonchev–Trinajstić information content (AvgIpc) is 2.90. The number of alkyl halides is 1. The maximum absolute atomic E-state index is 6.26. The molecule has 1 N–H and O–H groups in total. The van der Waals surface area contributed by atoms with Crippen molar-refractivity contribution in [1.82, 2.24) is 5.32 Å². The second-order valence-electron chi connectivity index (χ2n) is 6.60. The van der Waals surface area contributed by atoms with Gasteiger partial charge in [-0.2, -0.15) is 0 Å². The maximum atomic E-state index is 6.26. The van der Waals surface area contributed by atoms with Gasteiger partial charge in [0.05, 0.1) is 11.7 Å². The molecule has 1 atom stereocenters. The maximum Gasteiger partial charge on any atom is 0.0708 e. The van der Waals surface area contributed by atoms with Gasteiger partial charge in [-0.1, -0.05) is 26.7 Å². The third-order valence-corrected chi connectivity index (χ3v) is 4.91. The molecule has 1 saturated carbocycles. The normalized spacial score (nSPS) is 28.1. The van der Waals surface area contributed by atoms with Crippen LogP contribution in [-0.2, 0) is 4.74 Å². The lowest BCUT2D eigenvalue weighted by atomic mass is 9.96. The summed E-state index contributed by atoms with van der Waals surface area (Å²) in [6, 6.07) is 0. The topological polar surface area (TPSA) is 21.3 Å². The Hall–Kier alpha value is 0.210. The SMILES string of the molecule is CC(C)(CCl)CNCC1CCC2(CCCC2)O1. The van der Waals surface area contributed by atoms with Gasteiger partial charge in [-0.05, 0) is 31.1 Å². The first-order chi connectivity index (χ1) is 8.05. The summed E-state index contributed by atoms with van der Waals surface area (Å²) in [7, 11) is 0. The number of hydrogen-bond acceptors (Lipinski definition) is 2. The van der Waals surface area contributed by atoms with E-state index in [4.69, 9.17) is 16.3 Å². The molecule has 1 aliphatic carbocycles. The number of ether oxygens (including phenoxy) is 1. The monoisotopic (exact) mass is 259 g/mol. The predicted octanol–water partition coefficient (Wildman–Crippen LogP) is 3.33. The number of rotatable bonds is 5. The smallest absolute Gasteiger partial charge is 0.0708 e. The summed E-state index contributed by atoms with van der Waals surface area (Å²) in [6.45, 7) is 6.35. The largest absolute Gasteiger partial charge is 0.370 e. The van der Waals surface area contributed by atoms with Crippen molar-refractivity contribution in [3.8, 4) is 0 Å². The zero-order chi connectivity index (χ0) is 12.4. The lowest BCUT2D eigenvalue weighted by molar-refractivity contribution is -0.0354. The van der Waals surface area contributed by atoms with Crippen molar-refractivity contribution in [2.75, 3.05) is 19.0 Å². The van der Waals surface area contributed by atoms with Gasteiger partial charge in [-0.15, -0.1) is 11.6 Å². The van der Waals surface area contributed by atoms with E-state index in [1.165, 1.54) is 38.5 Å². The first-order valence-electron chi connectivity index (χ1n) is 7.00. The van der Waals surface area contributed by atoms with Gasteiger partial charge in [0.1, 0.15) is 0 Å². The Morgan fingerprint density at radius 3 is 2.65 bits per heavy atom. The van der Waals surface area contributed by atoms with Crippen LogP contribution in [0.15, 0.2) is 0 Å². The van der Waals surface area contributed by atoms with Crippen molar-refractivity contribution >= 4 is 11.6 Å². The van der Waals surface area contributed by atoms with Crippen LogP contribution in [0.5, 0.6) is 0 Å². The summed E-state index contributed by atoms with van der Waals surface area (Å²) in [5.74, 6) is 0.704. The molecule has 2 nitrogen and oxygen atoms in total. The molecule has 1 unspecified atom stereocenters. The summed E-state index contributed by atoms with van der Waals surface area (Å²) < 4.78 is 6.26. The summed E-state index contributed by atoms with van der Waals surface area (Å²) in [5, 5.41) is 3.52. The quantitative estimate of drug-likeness (QED) is 0.765. The molecule has 0 radical (unpaired) electrons. The van der Waals surface area contributed by atoms with Crippen molar-refractivity contribution in [2.45, 2.75) is 64.1 Å². The molecule has 0 amide bonds. The van der Waals surface area contributed by atoms with E-state index in [0.717, 1.165) is 13.1 Å². The van der Waals surface area contributed by atoms with Gasteiger partial charge in [0, 0.05) is 19.0 Å². The zero-order valence-corrected chi connectivity index (χ0v) is 12.0. The summed E-state index contributed by atoms with van der Waals surface area (Å²) in [6.07, 6.45) is 8.23. The second-order valence-corrected chi connectivity index (χ2v) is 6.86. The summed E-state index contributed by atoms with van der Waals surface area (Å²) in [5.41, 5.74) is 0.458. The molecule has 2 aliphatic rings. The third-order valence-electron chi connectivity index (χ3n) is 4.19. The van der Waals surface area contributed by atoms with Crippen LogP contribution in [0, 0.1) is 5.41 Å². The molecule has 100 valence electrons. The second kappa shape index (κ2) is 5.46. The van der Waals surface area contributed by atoms with Crippen LogP contribution in [-0.4, -0.2) is 30.7 Å². The molecule has 3 heteroatoms. The first kappa shape index (κ1) is 13.6. The van der Waals surface area contributed by atoms with E-state index in [0.29, 0.717) is 12.0 Å². The minimum absolute atomic E-state index is 0.186. The van der Waals surface area contributed by atoms with Gasteiger partial charge < -0.3 is 10.1 Å². The van der Waals surface area contributed by atoms with Crippen LogP contribution < -0.4 is 5.32 Å². The number of nitrogens with one attached hydrogen (secondary N) is 1. The Morgan fingerprint density at radius 1 is 1.29 bits per heavy atom. The predicted molar refractivity (Wildman–Crippen MR) is 72.7 cm³/mol. The molecule has 0 aromatic rings. The highest BCUT2D eigenvalue weighted by Crippen LogP contribution is 2.43. The molecular weight excluding hydrogens is 234 g/mol. The standard InChI is InChI=1S/C14H26ClNO/c1-13(2,10-15)11-16-9-12-5-8-14(17-12)6-3-4-7-14/h12,16H,3-11H2,1-2H3. The fourth-order valence-corrected chi connectivity index (χ4v) is 3.14. The Balaban J connectivity index is 1.68. The van der Waals surface area contributed by atoms with Gasteiger partial charge in [0.2, 0.25) is 0 Å². The van der Waals surface area contributed by atoms with Crippen molar-refractivity contribution < 1.29 is 4.74 Å². The molecule has 2 fully saturated rings. The highest BCUT2D eigenvalue weighted by atomic mass is 35.5. The van der Waals surface area contributed by atoms with Crippen molar-refractivity contribution in [1.29, 1.82) is 0 Å². The Bertz CT molecular complexity index is 249. The highest BCUT2D eigenvalue weighted by molar-refractivity contribution is 6.18. The van der Waals surface area contributed by atoms with Gasteiger partial charge in [0.15, 0.2) is 0 Å². The average molecular weight is 260 g/mol. The molecule has 1 spiro atoms. The van der Waals surface area contributed by atoms with E-state index in [9.17, 15) is 0 Å². The molecule has 0 bridgehead atoms. The van der Waals surface area contributed by atoms with Gasteiger partial charge in [-0.3, -0.25) is 0 Å². The molecule has 0 aromatic carbocycles. The van der Waals surface area contributed by atoms with Crippen molar-refractivity contribution in [3.05, 3.63) is 0 Å². The third kappa shape index (κ3) is 3.59. The summed E-state index contributed by atoms with van der Waals surface area (Å²) in [4.78, 5) is 0. The zero-order valence-electron chi connectivity index (χ0n) is 11.2. The lowest BCUT2D eigenvalue weighted by Crippen LogP contribution is -2.36. The fourth-order valence-electron chi connectivity index (χ4n) is 3.05. The Kier molecular flexibility index (Phi) is 4.38. The van der Waals surface area contributed by atoms with Crippen LogP contribution in [0.1, 0.15) is 52.4 Å². The molecular formula is C14H26ClNO. The van der Waals surface area contributed by atoms with Crippen LogP contribution >= 0.6 is 11.6 Å². The lowest BCUT2D eigenvalue weighted by Gasteiger charge is -2.25. The van der Waals surface area contributed by atoms with E-state index < -0.39 is 0 Å². The van der Waals surface area contributed by atoms with E-state index in [2.05, 4.69) is 19.2 Å². The molecule has 1 aliphatic heterocycles. The molecule has 1 saturated heterocycles. The Morgan fingerprint density at radius 2 is 2.00 bits per heavy atom. The number of hydrogen-bond donors (Lipinski definition) is 1. The molecule has 0 aromatic heterocycles. The fraction of sp³-hybridized carbons (Fsp3) is 1.00.